The molecule has 31 heavy (non-hydrogen) atoms. The van der Waals surface area contributed by atoms with Gasteiger partial charge in [0, 0.05) is 0 Å². The molecule has 0 N–H and O–H groups in total. The minimum atomic E-state index is 0.516. The number of rotatable bonds is 14. The maximum Gasteiger partial charge on any atom is 0.142 e. The van der Waals surface area contributed by atoms with Crippen LogP contribution in [-0.4, -0.2) is 12.9 Å². The van der Waals surface area contributed by atoms with Gasteiger partial charge in [-0.3, -0.25) is 4.79 Å². The van der Waals surface area contributed by atoms with Crippen molar-refractivity contribution in [3.8, 4) is 0 Å². The van der Waals surface area contributed by atoms with Crippen molar-refractivity contribution in [3.05, 3.63) is 108 Å². The first-order chi connectivity index (χ1) is 15.0. The summed E-state index contributed by atoms with van der Waals surface area (Å²) in [5.74, 6) is 1.24. The molecule has 1 rings (SSSR count). The van der Waals surface area contributed by atoms with Crippen LogP contribution in [0.25, 0.3) is 0 Å². The molecule has 0 saturated heterocycles. The predicted octanol–water partition coefficient (Wildman–Crippen LogP) is 7.57. The van der Waals surface area contributed by atoms with E-state index in [1.54, 1.807) is 6.08 Å². The lowest BCUT2D eigenvalue weighted by molar-refractivity contribution is -0.104. The Morgan fingerprint density at radius 3 is 2.26 bits per heavy atom. The first kappa shape index (κ1) is 26.3. The third-order valence-corrected chi connectivity index (χ3v) is 4.87. The van der Waals surface area contributed by atoms with Gasteiger partial charge in [0.15, 0.2) is 0 Å². The fourth-order valence-electron chi connectivity index (χ4n) is 3.15. The number of hydrogen-bond acceptors (Lipinski definition) is 2. The lowest BCUT2D eigenvalue weighted by Gasteiger charge is -2.14. The van der Waals surface area contributed by atoms with E-state index in [1.165, 1.54) is 35.6 Å². The molecule has 1 aromatic carbocycles. The van der Waals surface area contributed by atoms with Gasteiger partial charge in [0.25, 0.3) is 0 Å². The molecule has 0 aliphatic carbocycles. The Morgan fingerprint density at radius 1 is 0.968 bits per heavy atom. The topological polar surface area (TPSA) is 26.3 Å². The Labute approximate surface area is 189 Å². The highest BCUT2D eigenvalue weighted by atomic mass is 16.5. The number of benzene rings is 1. The summed E-state index contributed by atoms with van der Waals surface area (Å²) < 4.78 is 6.01. The Morgan fingerprint density at radius 2 is 1.61 bits per heavy atom. The molecule has 0 heterocycles. The van der Waals surface area contributed by atoms with Crippen LogP contribution >= 0.6 is 0 Å². The van der Waals surface area contributed by atoms with Crippen molar-refractivity contribution in [3.63, 3.8) is 0 Å². The van der Waals surface area contributed by atoms with Crippen LogP contribution in [0.2, 0.25) is 0 Å². The number of carbonyl (C=O) groups is 1. The molecule has 0 fully saturated rings. The molecule has 2 heteroatoms. The van der Waals surface area contributed by atoms with Crippen LogP contribution in [0.4, 0.5) is 0 Å². The molecule has 0 aliphatic rings. The van der Waals surface area contributed by atoms with E-state index >= 15 is 0 Å². The zero-order chi connectivity index (χ0) is 22.7. The summed E-state index contributed by atoms with van der Waals surface area (Å²) in [5.41, 5.74) is 3.59. The second kappa shape index (κ2) is 17.0. The number of ether oxygens (including phenoxy) is 1. The Kier molecular flexibility index (Phi) is 14.5. The van der Waals surface area contributed by atoms with Crippen LogP contribution in [0, 0.1) is 11.8 Å². The fourth-order valence-corrected chi connectivity index (χ4v) is 3.15. The summed E-state index contributed by atoms with van der Waals surface area (Å²) in [6, 6.07) is 10.3. The van der Waals surface area contributed by atoms with Gasteiger partial charge in [-0.05, 0) is 42.4 Å². The molecule has 0 radical (unpaired) electrons. The molecular formula is C29H38O2. The quantitative estimate of drug-likeness (QED) is 0.177. The monoisotopic (exact) mass is 418 g/mol. The summed E-state index contributed by atoms with van der Waals surface area (Å²) in [6.45, 7) is 10.2. The fraction of sp³-hybridized carbons (Fsp3) is 0.345. The molecule has 0 bridgehead atoms. The van der Waals surface area contributed by atoms with Crippen molar-refractivity contribution < 1.29 is 9.53 Å². The van der Waals surface area contributed by atoms with Crippen molar-refractivity contribution in [2.75, 3.05) is 6.61 Å². The maximum atomic E-state index is 10.2. The third kappa shape index (κ3) is 14.0. The van der Waals surface area contributed by atoms with E-state index in [0.29, 0.717) is 19.1 Å². The van der Waals surface area contributed by atoms with Gasteiger partial charge in [-0.25, -0.2) is 0 Å². The molecule has 2 atom stereocenters. The summed E-state index contributed by atoms with van der Waals surface area (Å²) in [7, 11) is 0. The predicted molar refractivity (Wildman–Crippen MR) is 134 cm³/mol. The second-order valence-corrected chi connectivity index (χ2v) is 7.98. The standard InChI is InChI=1S/C29H38O2/c1-5-25(2)20-27(4)22-29(24-31-23-28-17-13-11-14-18-28)21-26(3)16-12-9-7-6-8-10-15-19-30/h6-19,21-22,25,27H,5,20,23-24H2,1-4H3/b8-6+,9-7+,15-10+,16-12+,26-21+,29-22+/t25-,27-/m0/s1. The van der Waals surface area contributed by atoms with Crippen LogP contribution in [0.3, 0.4) is 0 Å². The van der Waals surface area contributed by atoms with Gasteiger partial charge < -0.3 is 4.74 Å². The van der Waals surface area contributed by atoms with Crippen LogP contribution in [0.1, 0.15) is 46.1 Å². The van der Waals surface area contributed by atoms with E-state index in [9.17, 15) is 4.79 Å². The summed E-state index contributed by atoms with van der Waals surface area (Å²) >= 11 is 0. The Balaban J connectivity index is 2.76. The molecule has 0 saturated carbocycles. The largest absolute Gasteiger partial charge is 0.372 e. The number of hydrogen-bond donors (Lipinski definition) is 0. The van der Waals surface area contributed by atoms with Crippen LogP contribution < -0.4 is 0 Å². The first-order valence-electron chi connectivity index (χ1n) is 11.2. The average molecular weight is 419 g/mol. The van der Waals surface area contributed by atoms with Gasteiger partial charge in [-0.15, -0.1) is 0 Å². The summed E-state index contributed by atoms with van der Waals surface area (Å²) in [4.78, 5) is 10.2. The van der Waals surface area contributed by atoms with E-state index < -0.39 is 0 Å². The van der Waals surface area contributed by atoms with Gasteiger partial charge in [-0.2, -0.15) is 0 Å². The van der Waals surface area contributed by atoms with Crippen LogP contribution in [0.5, 0.6) is 0 Å². The smallest absolute Gasteiger partial charge is 0.142 e. The van der Waals surface area contributed by atoms with Gasteiger partial charge in [0.1, 0.15) is 6.29 Å². The normalized spacial score (nSPS) is 15.5. The van der Waals surface area contributed by atoms with E-state index in [0.717, 1.165) is 12.2 Å². The number of allylic oxidation sites excluding steroid dienone is 10. The summed E-state index contributed by atoms with van der Waals surface area (Å²) in [6.07, 6.45) is 22.6. The van der Waals surface area contributed by atoms with E-state index in [1.807, 2.05) is 48.6 Å². The summed E-state index contributed by atoms with van der Waals surface area (Å²) in [5, 5.41) is 0. The van der Waals surface area contributed by atoms with Crippen LogP contribution in [-0.2, 0) is 16.1 Å². The third-order valence-electron chi connectivity index (χ3n) is 4.87. The average Bonchev–Trinajstić information content (AvgIpc) is 2.76. The van der Waals surface area contributed by atoms with Gasteiger partial charge in [-0.1, -0.05) is 118 Å². The SMILES string of the molecule is CC[C@H](C)C[C@H](C)\C=C(/C=C(C)/C=C/C=C/C=C/C=C/C=O)COCc1ccccc1. The maximum absolute atomic E-state index is 10.2. The molecule has 0 unspecified atom stereocenters. The van der Waals surface area contributed by atoms with Gasteiger partial charge in [0.2, 0.25) is 0 Å². The molecule has 166 valence electrons. The molecule has 0 amide bonds. The highest BCUT2D eigenvalue weighted by Crippen LogP contribution is 2.19. The second-order valence-electron chi connectivity index (χ2n) is 7.98. The molecule has 0 aromatic heterocycles. The van der Waals surface area contributed by atoms with Crippen molar-refractivity contribution in [2.24, 2.45) is 11.8 Å². The molecule has 0 spiro atoms. The van der Waals surface area contributed by atoms with E-state index in [4.69, 9.17) is 4.74 Å². The molecular weight excluding hydrogens is 380 g/mol. The van der Waals surface area contributed by atoms with Crippen molar-refractivity contribution in [1.29, 1.82) is 0 Å². The first-order valence-corrected chi connectivity index (χ1v) is 11.2. The van der Waals surface area contributed by atoms with Gasteiger partial charge in [0.05, 0.1) is 13.2 Å². The highest BCUT2D eigenvalue weighted by Gasteiger charge is 2.06. The highest BCUT2D eigenvalue weighted by molar-refractivity contribution is 5.65. The Bertz CT molecular complexity index is 791. The number of aldehydes is 1. The van der Waals surface area contributed by atoms with Crippen molar-refractivity contribution in [1.82, 2.24) is 0 Å². The van der Waals surface area contributed by atoms with Gasteiger partial charge >= 0.3 is 0 Å². The Hall–Kier alpha value is -2.71. The molecule has 0 aliphatic heterocycles. The molecule has 2 nitrogen and oxygen atoms in total. The zero-order valence-corrected chi connectivity index (χ0v) is 19.5. The molecule has 1 aromatic rings. The lowest BCUT2D eigenvalue weighted by atomic mass is 9.93. The van der Waals surface area contributed by atoms with Crippen molar-refractivity contribution in [2.45, 2.75) is 47.1 Å². The number of carbonyl (C=O) groups excluding carboxylic acids is 1. The minimum Gasteiger partial charge on any atom is -0.372 e. The van der Waals surface area contributed by atoms with E-state index in [2.05, 4.69) is 58.1 Å². The zero-order valence-electron chi connectivity index (χ0n) is 19.5. The van der Waals surface area contributed by atoms with E-state index in [-0.39, 0.29) is 0 Å². The lowest BCUT2D eigenvalue weighted by Crippen LogP contribution is -2.03. The van der Waals surface area contributed by atoms with Crippen molar-refractivity contribution >= 4 is 6.29 Å². The van der Waals surface area contributed by atoms with Crippen LogP contribution in [0.15, 0.2) is 102 Å². The minimum absolute atomic E-state index is 0.516.